The Kier molecular flexibility index (Phi) is 5.01. The van der Waals surface area contributed by atoms with Gasteiger partial charge in [-0.1, -0.05) is 26.2 Å². The summed E-state index contributed by atoms with van der Waals surface area (Å²) in [6.45, 7) is 2.23. The second kappa shape index (κ2) is 5.82. The van der Waals surface area contributed by atoms with Gasteiger partial charge in [0.1, 0.15) is 0 Å². The highest BCUT2D eigenvalue weighted by Crippen LogP contribution is 2.30. The van der Waals surface area contributed by atoms with E-state index in [4.69, 9.17) is 16.3 Å². The molecule has 2 atom stereocenters. The fraction of sp³-hybridized carbons (Fsp3) is 1.00. The van der Waals surface area contributed by atoms with Crippen molar-refractivity contribution in [1.29, 1.82) is 0 Å². The zero-order valence-corrected chi connectivity index (χ0v) is 8.65. The third-order valence-corrected chi connectivity index (χ3v) is 2.67. The molecule has 0 bridgehead atoms. The molecule has 12 heavy (non-hydrogen) atoms. The molecule has 1 heterocycles. The van der Waals surface area contributed by atoms with Gasteiger partial charge in [0.2, 0.25) is 0 Å². The smallest absolute Gasteiger partial charge is 0.0842 e. The monoisotopic (exact) mass is 190 g/mol. The highest BCUT2D eigenvalue weighted by Gasteiger charge is 2.36. The van der Waals surface area contributed by atoms with Crippen LogP contribution in [0.15, 0.2) is 0 Å². The molecule has 1 rings (SSSR count). The maximum Gasteiger partial charge on any atom is 0.0842 e. The quantitative estimate of drug-likeness (QED) is 0.341. The van der Waals surface area contributed by atoms with Crippen LogP contribution in [0.1, 0.15) is 45.4 Å². The Morgan fingerprint density at radius 3 is 2.33 bits per heavy atom. The standard InChI is InChI=1S/C10H19ClO/c1-2-3-4-6-9-10(12-9)7-5-8-11/h9-10H,2-8H2,1H3. The van der Waals surface area contributed by atoms with Crippen molar-refractivity contribution in [1.82, 2.24) is 0 Å². The van der Waals surface area contributed by atoms with Gasteiger partial charge in [-0.25, -0.2) is 0 Å². The summed E-state index contributed by atoms with van der Waals surface area (Å²) in [4.78, 5) is 0. The van der Waals surface area contributed by atoms with Crippen LogP contribution < -0.4 is 0 Å². The molecule has 0 aromatic carbocycles. The molecule has 0 N–H and O–H groups in total. The zero-order valence-electron chi connectivity index (χ0n) is 7.89. The fourth-order valence-electron chi connectivity index (χ4n) is 1.56. The second-order valence-electron chi connectivity index (χ2n) is 3.54. The molecule has 1 aliphatic rings. The Labute approximate surface area is 80.4 Å². The summed E-state index contributed by atoms with van der Waals surface area (Å²) in [5.41, 5.74) is 0. The van der Waals surface area contributed by atoms with E-state index < -0.39 is 0 Å². The molecule has 72 valence electrons. The molecule has 2 heteroatoms. The van der Waals surface area contributed by atoms with Gasteiger partial charge in [0.25, 0.3) is 0 Å². The normalized spacial score (nSPS) is 27.5. The van der Waals surface area contributed by atoms with E-state index in [9.17, 15) is 0 Å². The lowest BCUT2D eigenvalue weighted by atomic mass is 10.1. The number of hydrogen-bond donors (Lipinski definition) is 0. The SMILES string of the molecule is CCCCCC1OC1CCCCl. The first-order valence-electron chi connectivity index (χ1n) is 5.10. The molecule has 0 radical (unpaired) electrons. The van der Waals surface area contributed by atoms with Crippen LogP contribution in [0.2, 0.25) is 0 Å². The fourth-order valence-corrected chi connectivity index (χ4v) is 1.72. The van der Waals surface area contributed by atoms with Gasteiger partial charge in [-0.15, -0.1) is 11.6 Å². The van der Waals surface area contributed by atoms with E-state index in [1.807, 2.05) is 0 Å². The van der Waals surface area contributed by atoms with Crippen molar-refractivity contribution >= 4 is 11.6 Å². The second-order valence-corrected chi connectivity index (χ2v) is 3.92. The minimum atomic E-state index is 0.556. The summed E-state index contributed by atoms with van der Waals surface area (Å²) in [7, 11) is 0. The lowest BCUT2D eigenvalue weighted by Crippen LogP contribution is -1.94. The largest absolute Gasteiger partial charge is 0.370 e. The molecule has 2 unspecified atom stereocenters. The number of alkyl halides is 1. The Morgan fingerprint density at radius 2 is 1.75 bits per heavy atom. The van der Waals surface area contributed by atoms with Crippen LogP contribution >= 0.6 is 11.6 Å². The Bertz CT molecular complexity index is 116. The third-order valence-electron chi connectivity index (χ3n) is 2.40. The van der Waals surface area contributed by atoms with Gasteiger partial charge in [-0.3, -0.25) is 0 Å². The number of hydrogen-bond acceptors (Lipinski definition) is 1. The molecular weight excluding hydrogens is 172 g/mol. The van der Waals surface area contributed by atoms with Gasteiger partial charge >= 0.3 is 0 Å². The van der Waals surface area contributed by atoms with E-state index in [-0.39, 0.29) is 0 Å². The summed E-state index contributed by atoms with van der Waals surface area (Å²) < 4.78 is 5.51. The average Bonchev–Trinajstić information content (AvgIpc) is 2.81. The van der Waals surface area contributed by atoms with Gasteiger partial charge < -0.3 is 4.74 Å². The lowest BCUT2D eigenvalue weighted by molar-refractivity contribution is 0.351. The summed E-state index contributed by atoms with van der Waals surface area (Å²) >= 11 is 5.59. The van der Waals surface area contributed by atoms with Gasteiger partial charge in [0.05, 0.1) is 12.2 Å². The van der Waals surface area contributed by atoms with Crippen LogP contribution in [0.4, 0.5) is 0 Å². The zero-order chi connectivity index (χ0) is 8.81. The molecule has 1 fully saturated rings. The van der Waals surface area contributed by atoms with Crippen molar-refractivity contribution in [2.75, 3.05) is 5.88 Å². The first-order chi connectivity index (χ1) is 5.88. The van der Waals surface area contributed by atoms with Crippen molar-refractivity contribution in [2.24, 2.45) is 0 Å². The molecule has 0 saturated carbocycles. The van der Waals surface area contributed by atoms with Crippen LogP contribution in [0, 0.1) is 0 Å². The molecule has 0 amide bonds. The molecule has 0 spiro atoms. The number of halogens is 1. The highest BCUT2D eigenvalue weighted by atomic mass is 35.5. The maximum atomic E-state index is 5.59. The maximum absolute atomic E-state index is 5.59. The molecule has 1 saturated heterocycles. The van der Waals surface area contributed by atoms with E-state index in [1.54, 1.807) is 0 Å². The van der Waals surface area contributed by atoms with Crippen LogP contribution in [0.25, 0.3) is 0 Å². The molecule has 0 aromatic rings. The third kappa shape index (κ3) is 3.77. The molecule has 1 nitrogen and oxygen atoms in total. The number of ether oxygens (including phenoxy) is 1. The van der Waals surface area contributed by atoms with E-state index >= 15 is 0 Å². The Morgan fingerprint density at radius 1 is 1.08 bits per heavy atom. The van der Waals surface area contributed by atoms with Gasteiger partial charge in [-0.05, 0) is 19.3 Å². The summed E-state index contributed by atoms with van der Waals surface area (Å²) in [6, 6.07) is 0. The highest BCUT2D eigenvalue weighted by molar-refractivity contribution is 6.17. The lowest BCUT2D eigenvalue weighted by Gasteiger charge is -1.93. The number of rotatable bonds is 7. The molecular formula is C10H19ClO. The van der Waals surface area contributed by atoms with Crippen LogP contribution in [-0.4, -0.2) is 18.1 Å². The van der Waals surface area contributed by atoms with Gasteiger partial charge in [-0.2, -0.15) is 0 Å². The van der Waals surface area contributed by atoms with E-state index in [0.29, 0.717) is 12.2 Å². The molecule has 1 aliphatic heterocycles. The van der Waals surface area contributed by atoms with Crippen molar-refractivity contribution in [3.8, 4) is 0 Å². The summed E-state index contributed by atoms with van der Waals surface area (Å²) in [5, 5.41) is 0. The minimum Gasteiger partial charge on any atom is -0.370 e. The van der Waals surface area contributed by atoms with Crippen molar-refractivity contribution in [3.63, 3.8) is 0 Å². The van der Waals surface area contributed by atoms with Crippen LogP contribution in [0.3, 0.4) is 0 Å². The first kappa shape index (κ1) is 10.3. The number of unbranched alkanes of at least 4 members (excludes halogenated alkanes) is 2. The van der Waals surface area contributed by atoms with Gasteiger partial charge in [0.15, 0.2) is 0 Å². The average molecular weight is 191 g/mol. The van der Waals surface area contributed by atoms with Crippen LogP contribution in [0.5, 0.6) is 0 Å². The van der Waals surface area contributed by atoms with E-state index in [0.717, 1.165) is 12.3 Å². The summed E-state index contributed by atoms with van der Waals surface area (Å²) in [6.07, 6.45) is 8.66. The summed E-state index contributed by atoms with van der Waals surface area (Å²) in [5.74, 6) is 0.779. The van der Waals surface area contributed by atoms with Crippen molar-refractivity contribution in [3.05, 3.63) is 0 Å². The predicted molar refractivity (Wildman–Crippen MR) is 52.8 cm³/mol. The van der Waals surface area contributed by atoms with Crippen molar-refractivity contribution in [2.45, 2.75) is 57.7 Å². The minimum absolute atomic E-state index is 0.556. The van der Waals surface area contributed by atoms with E-state index in [1.165, 1.54) is 32.1 Å². The van der Waals surface area contributed by atoms with Gasteiger partial charge in [0, 0.05) is 5.88 Å². The van der Waals surface area contributed by atoms with Crippen molar-refractivity contribution < 1.29 is 4.74 Å². The topological polar surface area (TPSA) is 12.5 Å². The van der Waals surface area contributed by atoms with E-state index in [2.05, 4.69) is 6.92 Å². The number of epoxide rings is 1. The van der Waals surface area contributed by atoms with Crippen LogP contribution in [-0.2, 0) is 4.74 Å². The molecule has 0 aromatic heterocycles. The Hall–Kier alpha value is 0.250. The predicted octanol–water partition coefficient (Wildman–Crippen LogP) is 3.35. The Balaban J connectivity index is 1.86. The molecule has 0 aliphatic carbocycles. The first-order valence-corrected chi connectivity index (χ1v) is 5.63.